The molecular weight excluding hydrogens is 256 g/mol. The molecule has 5 heteroatoms. The molecule has 1 rings (SSSR count). The number of amides is 2. The zero-order valence-corrected chi connectivity index (χ0v) is 12.6. The minimum atomic E-state index is -1.06. The molecule has 0 aliphatic carbocycles. The summed E-state index contributed by atoms with van der Waals surface area (Å²) in [6, 6.07) is 6.26. The topological polar surface area (TPSA) is 78.4 Å². The van der Waals surface area contributed by atoms with Gasteiger partial charge in [0.05, 0.1) is 11.1 Å². The van der Waals surface area contributed by atoms with Gasteiger partial charge in [-0.3, -0.25) is 4.79 Å². The Bertz CT molecular complexity index is 516. The lowest BCUT2D eigenvalue weighted by Crippen LogP contribution is -2.58. The monoisotopic (exact) mass is 278 g/mol. The molecule has 0 aliphatic rings. The summed E-state index contributed by atoms with van der Waals surface area (Å²) in [4.78, 5) is 23.2. The predicted molar refractivity (Wildman–Crippen MR) is 79.0 cm³/mol. The lowest BCUT2D eigenvalue weighted by Gasteiger charge is -2.37. The first kappa shape index (κ1) is 16.2. The van der Waals surface area contributed by atoms with Crippen LogP contribution < -0.4 is 10.6 Å². The standard InChI is InChI=1S/C15H22N2O3/c1-10(18)11-7-6-8-12(9-11)16-13(19)17-14(2,3)15(4,5)20/h6-9,20H,1-5H3,(H2,16,17,19). The number of rotatable bonds is 4. The molecular formula is C15H22N2O3. The normalized spacial score (nSPS) is 11.9. The van der Waals surface area contributed by atoms with E-state index in [-0.39, 0.29) is 5.78 Å². The molecule has 0 atom stereocenters. The number of anilines is 1. The summed E-state index contributed by atoms with van der Waals surface area (Å²) >= 11 is 0. The van der Waals surface area contributed by atoms with Gasteiger partial charge in [0.2, 0.25) is 0 Å². The molecule has 110 valence electrons. The number of carbonyl (C=O) groups is 2. The summed E-state index contributed by atoms with van der Waals surface area (Å²) in [6.07, 6.45) is 0. The molecule has 0 bridgehead atoms. The SMILES string of the molecule is CC(=O)c1cccc(NC(=O)NC(C)(C)C(C)(C)O)c1. The zero-order valence-electron chi connectivity index (χ0n) is 12.6. The summed E-state index contributed by atoms with van der Waals surface area (Å²) < 4.78 is 0. The van der Waals surface area contributed by atoms with Crippen LogP contribution in [-0.2, 0) is 0 Å². The molecule has 1 aromatic rings. The Hall–Kier alpha value is -1.88. The molecule has 0 aliphatic heterocycles. The second-order valence-electron chi connectivity index (χ2n) is 5.90. The minimum Gasteiger partial charge on any atom is -0.388 e. The van der Waals surface area contributed by atoms with Gasteiger partial charge in [-0.05, 0) is 46.8 Å². The Kier molecular flexibility index (Phi) is 4.55. The number of benzene rings is 1. The van der Waals surface area contributed by atoms with E-state index in [9.17, 15) is 14.7 Å². The maximum atomic E-state index is 11.9. The van der Waals surface area contributed by atoms with Crippen molar-refractivity contribution in [3.05, 3.63) is 29.8 Å². The molecule has 0 saturated carbocycles. The van der Waals surface area contributed by atoms with Crippen molar-refractivity contribution in [2.75, 3.05) is 5.32 Å². The number of nitrogens with one attached hydrogen (secondary N) is 2. The molecule has 0 radical (unpaired) electrons. The van der Waals surface area contributed by atoms with Crippen molar-refractivity contribution in [2.24, 2.45) is 0 Å². The highest BCUT2D eigenvalue weighted by atomic mass is 16.3. The summed E-state index contributed by atoms with van der Waals surface area (Å²) in [7, 11) is 0. The van der Waals surface area contributed by atoms with Gasteiger partial charge in [0.1, 0.15) is 0 Å². The maximum Gasteiger partial charge on any atom is 0.319 e. The fourth-order valence-electron chi connectivity index (χ4n) is 1.42. The number of hydrogen-bond acceptors (Lipinski definition) is 3. The summed E-state index contributed by atoms with van der Waals surface area (Å²) in [6.45, 7) is 8.20. The molecule has 0 unspecified atom stereocenters. The third kappa shape index (κ3) is 4.06. The van der Waals surface area contributed by atoms with Gasteiger partial charge in [-0.1, -0.05) is 12.1 Å². The van der Waals surface area contributed by atoms with Gasteiger partial charge in [-0.15, -0.1) is 0 Å². The fraction of sp³-hybridized carbons (Fsp3) is 0.467. The van der Waals surface area contributed by atoms with E-state index in [2.05, 4.69) is 10.6 Å². The second-order valence-corrected chi connectivity index (χ2v) is 5.90. The molecule has 0 fully saturated rings. The van der Waals surface area contributed by atoms with Gasteiger partial charge in [-0.2, -0.15) is 0 Å². The van der Waals surface area contributed by atoms with Crippen LogP contribution in [0.25, 0.3) is 0 Å². The van der Waals surface area contributed by atoms with Crippen LogP contribution in [0, 0.1) is 0 Å². The smallest absolute Gasteiger partial charge is 0.319 e. The largest absolute Gasteiger partial charge is 0.388 e. The van der Waals surface area contributed by atoms with Crippen molar-refractivity contribution in [3.63, 3.8) is 0 Å². The van der Waals surface area contributed by atoms with E-state index in [1.165, 1.54) is 6.92 Å². The lowest BCUT2D eigenvalue weighted by atomic mass is 9.86. The van der Waals surface area contributed by atoms with Gasteiger partial charge in [0.15, 0.2) is 5.78 Å². The van der Waals surface area contributed by atoms with Crippen LogP contribution in [0.1, 0.15) is 45.0 Å². The van der Waals surface area contributed by atoms with Crippen LogP contribution in [0.4, 0.5) is 10.5 Å². The zero-order chi connectivity index (χ0) is 15.6. The minimum absolute atomic E-state index is 0.0640. The number of Topliss-reactive ketones (excluding diaryl/α,β-unsaturated/α-hetero) is 1. The van der Waals surface area contributed by atoms with Gasteiger partial charge in [0, 0.05) is 11.3 Å². The number of urea groups is 1. The number of ketones is 1. The third-order valence-corrected chi connectivity index (χ3v) is 3.48. The van der Waals surface area contributed by atoms with Crippen molar-refractivity contribution in [1.82, 2.24) is 5.32 Å². The molecule has 2 amide bonds. The Morgan fingerprint density at radius 1 is 1.15 bits per heavy atom. The van der Waals surface area contributed by atoms with Gasteiger partial charge >= 0.3 is 6.03 Å². The predicted octanol–water partition coefficient (Wildman–Crippen LogP) is 2.56. The summed E-state index contributed by atoms with van der Waals surface area (Å²) in [5.74, 6) is -0.0640. The summed E-state index contributed by atoms with van der Waals surface area (Å²) in [5.41, 5.74) is -0.799. The summed E-state index contributed by atoms with van der Waals surface area (Å²) in [5, 5.41) is 15.4. The molecule has 0 spiro atoms. The number of carbonyl (C=O) groups excluding carboxylic acids is 2. The van der Waals surface area contributed by atoms with Crippen LogP contribution in [0.3, 0.4) is 0 Å². The van der Waals surface area contributed by atoms with Crippen molar-refractivity contribution >= 4 is 17.5 Å². The highest BCUT2D eigenvalue weighted by Crippen LogP contribution is 2.20. The van der Waals surface area contributed by atoms with E-state index in [0.717, 1.165) is 0 Å². The van der Waals surface area contributed by atoms with Crippen molar-refractivity contribution in [2.45, 2.75) is 45.8 Å². The molecule has 0 aromatic heterocycles. The Labute approximate surface area is 119 Å². The van der Waals surface area contributed by atoms with E-state index < -0.39 is 17.2 Å². The lowest BCUT2D eigenvalue weighted by molar-refractivity contribution is 0.00184. The number of hydrogen-bond donors (Lipinski definition) is 3. The average molecular weight is 278 g/mol. The van der Waals surface area contributed by atoms with E-state index in [1.807, 2.05) is 0 Å². The van der Waals surface area contributed by atoms with Gasteiger partial charge < -0.3 is 15.7 Å². The van der Waals surface area contributed by atoms with Crippen LogP contribution >= 0.6 is 0 Å². The second kappa shape index (κ2) is 5.63. The molecule has 3 N–H and O–H groups in total. The molecule has 0 saturated heterocycles. The number of aliphatic hydroxyl groups is 1. The van der Waals surface area contributed by atoms with E-state index in [1.54, 1.807) is 52.0 Å². The van der Waals surface area contributed by atoms with Crippen molar-refractivity contribution < 1.29 is 14.7 Å². The Morgan fingerprint density at radius 3 is 2.25 bits per heavy atom. The molecule has 0 heterocycles. The Balaban J connectivity index is 2.77. The van der Waals surface area contributed by atoms with Crippen molar-refractivity contribution in [1.29, 1.82) is 0 Å². The van der Waals surface area contributed by atoms with E-state index in [0.29, 0.717) is 11.3 Å². The first-order valence-corrected chi connectivity index (χ1v) is 6.45. The van der Waals surface area contributed by atoms with Crippen LogP contribution in [-0.4, -0.2) is 28.1 Å². The third-order valence-electron chi connectivity index (χ3n) is 3.48. The van der Waals surface area contributed by atoms with Crippen molar-refractivity contribution in [3.8, 4) is 0 Å². The van der Waals surface area contributed by atoms with Gasteiger partial charge in [0.25, 0.3) is 0 Å². The first-order valence-electron chi connectivity index (χ1n) is 6.45. The molecule has 5 nitrogen and oxygen atoms in total. The van der Waals surface area contributed by atoms with Crippen LogP contribution in [0.5, 0.6) is 0 Å². The van der Waals surface area contributed by atoms with E-state index >= 15 is 0 Å². The molecule has 20 heavy (non-hydrogen) atoms. The van der Waals surface area contributed by atoms with E-state index in [4.69, 9.17) is 0 Å². The average Bonchev–Trinajstić information content (AvgIpc) is 2.26. The Morgan fingerprint density at radius 2 is 1.75 bits per heavy atom. The van der Waals surface area contributed by atoms with Crippen LogP contribution in [0.15, 0.2) is 24.3 Å². The maximum absolute atomic E-state index is 11.9. The fourth-order valence-corrected chi connectivity index (χ4v) is 1.42. The highest BCUT2D eigenvalue weighted by Gasteiger charge is 2.36. The first-order chi connectivity index (χ1) is 9.03. The highest BCUT2D eigenvalue weighted by molar-refractivity contribution is 5.96. The molecule has 1 aromatic carbocycles. The quantitative estimate of drug-likeness (QED) is 0.741. The van der Waals surface area contributed by atoms with Gasteiger partial charge in [-0.25, -0.2) is 4.79 Å². The van der Waals surface area contributed by atoms with Crippen LogP contribution in [0.2, 0.25) is 0 Å².